The molecule has 0 unspecified atom stereocenters. The first-order valence-electron chi connectivity index (χ1n) is 9.39. The van der Waals surface area contributed by atoms with E-state index in [2.05, 4.69) is 19.7 Å². The molecule has 2 aromatic rings. The summed E-state index contributed by atoms with van der Waals surface area (Å²) in [5.41, 5.74) is 4.45. The van der Waals surface area contributed by atoms with Gasteiger partial charge in [-0.15, -0.1) is 0 Å². The van der Waals surface area contributed by atoms with Crippen molar-refractivity contribution in [2.45, 2.75) is 43.4 Å². The molecule has 3 rings (SSSR count). The van der Waals surface area contributed by atoms with Gasteiger partial charge in [-0.05, 0) is 31.5 Å². The maximum Gasteiger partial charge on any atom is 0.422 e. The van der Waals surface area contributed by atoms with E-state index in [1.165, 1.54) is 19.1 Å². The number of hydrogen-bond donors (Lipinski definition) is 1. The number of aromatic nitrogens is 2. The summed E-state index contributed by atoms with van der Waals surface area (Å²) in [4.78, 5) is 24.1. The van der Waals surface area contributed by atoms with Crippen LogP contribution in [0.2, 0.25) is 0 Å². The third kappa shape index (κ3) is 5.34. The zero-order valence-corrected chi connectivity index (χ0v) is 17.8. The highest BCUT2D eigenvalue weighted by molar-refractivity contribution is 8.14. The number of nitrogens with two attached hydrogens (primary N) is 1. The van der Waals surface area contributed by atoms with Gasteiger partial charge in [-0.1, -0.05) is 17.8 Å². The summed E-state index contributed by atoms with van der Waals surface area (Å²) >= 11 is 1.06. The summed E-state index contributed by atoms with van der Waals surface area (Å²) < 4.78 is 70.6. The van der Waals surface area contributed by atoms with Gasteiger partial charge in [0.1, 0.15) is 23.2 Å². The van der Waals surface area contributed by atoms with Crippen LogP contribution in [0.25, 0.3) is 0 Å². The van der Waals surface area contributed by atoms with Crippen LogP contribution in [-0.4, -0.2) is 45.1 Å². The molecule has 32 heavy (non-hydrogen) atoms. The Morgan fingerprint density at radius 2 is 2.00 bits per heavy atom. The molecule has 0 fully saturated rings. The Hall–Kier alpha value is -2.76. The highest BCUT2D eigenvalue weighted by Gasteiger charge is 2.45. The fourth-order valence-corrected chi connectivity index (χ4v) is 4.28. The van der Waals surface area contributed by atoms with Crippen molar-refractivity contribution in [2.75, 3.05) is 6.61 Å². The predicted octanol–water partition coefficient (Wildman–Crippen LogP) is 3.99. The van der Waals surface area contributed by atoms with E-state index in [-0.39, 0.29) is 28.7 Å². The number of ether oxygens (including phenoxy) is 1. The number of carbonyl (C=O) groups excluding carboxylic acids is 1. The van der Waals surface area contributed by atoms with Crippen LogP contribution in [0.5, 0.6) is 5.88 Å². The number of hydrogen-bond acceptors (Lipinski definition) is 7. The van der Waals surface area contributed by atoms with E-state index in [0.717, 1.165) is 30.2 Å². The molecule has 12 heteroatoms. The van der Waals surface area contributed by atoms with Crippen molar-refractivity contribution in [3.05, 3.63) is 53.2 Å². The molecule has 0 bridgehead atoms. The van der Waals surface area contributed by atoms with Crippen LogP contribution in [0, 0.1) is 5.82 Å². The van der Waals surface area contributed by atoms with Crippen LogP contribution < -0.4 is 10.5 Å². The highest BCUT2D eigenvalue weighted by atomic mass is 32.2. The smallest absolute Gasteiger partial charge is 0.422 e. The minimum atomic E-state index is -4.53. The number of nitrogens with zero attached hydrogens (tertiary/aromatic N) is 3. The minimum absolute atomic E-state index is 0.0348. The Bertz CT molecular complexity index is 1030. The van der Waals surface area contributed by atoms with Gasteiger partial charge in [-0.25, -0.2) is 23.7 Å². The van der Waals surface area contributed by atoms with Crippen molar-refractivity contribution < 1.29 is 31.5 Å². The number of alkyl halides is 4. The number of Topliss-reactive ketones (excluding diaryl/α,β-unsaturated/α-hetero) is 1. The van der Waals surface area contributed by atoms with E-state index < -0.39 is 41.3 Å². The van der Waals surface area contributed by atoms with Gasteiger partial charge in [0.15, 0.2) is 17.6 Å². The normalized spacial score (nSPS) is 23.5. The first-order chi connectivity index (χ1) is 14.9. The van der Waals surface area contributed by atoms with Gasteiger partial charge in [0.05, 0.1) is 12.4 Å². The Kier molecular flexibility index (Phi) is 6.72. The summed E-state index contributed by atoms with van der Waals surface area (Å²) in [6.07, 6.45) is -4.38. The lowest BCUT2D eigenvalue weighted by atomic mass is 9.84. The number of benzene rings is 1. The first-order valence-corrected chi connectivity index (χ1v) is 10.3. The van der Waals surface area contributed by atoms with Crippen molar-refractivity contribution in [2.24, 2.45) is 10.7 Å². The molecular formula is C20H19F5N4O2S. The summed E-state index contributed by atoms with van der Waals surface area (Å²) in [5.74, 6) is -1.59. The monoisotopic (exact) mass is 474 g/mol. The van der Waals surface area contributed by atoms with Gasteiger partial charge in [0, 0.05) is 17.2 Å². The van der Waals surface area contributed by atoms with Crippen molar-refractivity contribution in [1.29, 1.82) is 0 Å². The highest BCUT2D eigenvalue weighted by Crippen LogP contribution is 2.42. The molecule has 0 saturated carbocycles. The van der Waals surface area contributed by atoms with E-state index in [4.69, 9.17) is 5.73 Å². The maximum absolute atomic E-state index is 15.0. The summed E-state index contributed by atoms with van der Waals surface area (Å²) in [6.45, 7) is 1.53. The predicted molar refractivity (Wildman–Crippen MR) is 109 cm³/mol. The molecule has 1 aliphatic rings. The van der Waals surface area contributed by atoms with Crippen molar-refractivity contribution >= 4 is 22.7 Å². The molecule has 0 aliphatic carbocycles. The zero-order chi connectivity index (χ0) is 23.7. The quantitative estimate of drug-likeness (QED) is 0.503. The molecule has 0 radical (unpaired) electrons. The second-order valence-corrected chi connectivity index (χ2v) is 8.78. The van der Waals surface area contributed by atoms with Crippen molar-refractivity contribution in [1.82, 2.24) is 9.97 Å². The van der Waals surface area contributed by atoms with Crippen LogP contribution in [0.3, 0.4) is 0 Å². The van der Waals surface area contributed by atoms with Gasteiger partial charge >= 0.3 is 6.18 Å². The summed E-state index contributed by atoms with van der Waals surface area (Å²) in [5, 5.41) is -0.409. The van der Waals surface area contributed by atoms with Crippen LogP contribution in [0.4, 0.5) is 22.0 Å². The van der Waals surface area contributed by atoms with Gasteiger partial charge in [0.25, 0.3) is 0 Å². The average Bonchev–Trinajstić information content (AvgIpc) is 2.71. The van der Waals surface area contributed by atoms with Crippen molar-refractivity contribution in [3.63, 3.8) is 0 Å². The van der Waals surface area contributed by atoms with E-state index in [0.29, 0.717) is 5.56 Å². The summed E-state index contributed by atoms with van der Waals surface area (Å²) in [7, 11) is 0. The van der Waals surface area contributed by atoms with E-state index in [1.807, 2.05) is 0 Å². The number of rotatable bonds is 6. The number of carbonyl (C=O) groups is 1. The fourth-order valence-electron chi connectivity index (χ4n) is 3.27. The topological polar surface area (TPSA) is 90.5 Å². The third-order valence-electron chi connectivity index (χ3n) is 4.84. The van der Waals surface area contributed by atoms with E-state index >= 15 is 0 Å². The van der Waals surface area contributed by atoms with Crippen LogP contribution in [-0.2, 0) is 12.0 Å². The Balaban J connectivity index is 1.79. The fraction of sp³-hybridized carbons (Fsp3) is 0.400. The number of ketones is 1. The molecule has 3 atom stereocenters. The SMILES string of the molecule is C[C@H]1SC(N)=N[C@](C)(c2cc(CC(=O)c3cnc(OCC(F)(F)F)cn3)ccc2F)[C@H]1F. The molecule has 1 aliphatic heterocycles. The summed E-state index contributed by atoms with van der Waals surface area (Å²) in [6, 6.07) is 3.84. The average molecular weight is 474 g/mol. The molecule has 2 N–H and O–H groups in total. The molecular weight excluding hydrogens is 455 g/mol. The lowest BCUT2D eigenvalue weighted by Gasteiger charge is -2.37. The largest absolute Gasteiger partial charge is 0.467 e. The van der Waals surface area contributed by atoms with Crippen LogP contribution in [0.1, 0.15) is 35.5 Å². The third-order valence-corrected chi connectivity index (χ3v) is 5.78. The van der Waals surface area contributed by atoms with Crippen LogP contribution in [0.15, 0.2) is 35.6 Å². The first kappa shape index (κ1) is 23.9. The maximum atomic E-state index is 15.0. The molecule has 172 valence electrons. The van der Waals surface area contributed by atoms with E-state index in [1.54, 1.807) is 6.92 Å². The molecule has 0 amide bonds. The Morgan fingerprint density at radius 3 is 2.62 bits per heavy atom. The van der Waals surface area contributed by atoms with Gasteiger partial charge < -0.3 is 10.5 Å². The second kappa shape index (κ2) is 9.00. The van der Waals surface area contributed by atoms with Gasteiger partial charge in [-0.3, -0.25) is 4.79 Å². The number of thioether (sulfide) groups is 1. The molecule has 0 spiro atoms. The molecule has 2 heterocycles. The molecule has 0 saturated heterocycles. The Morgan fingerprint density at radius 1 is 1.28 bits per heavy atom. The minimum Gasteiger partial charge on any atom is -0.467 e. The number of amidine groups is 1. The lowest BCUT2D eigenvalue weighted by Crippen LogP contribution is -2.44. The molecule has 6 nitrogen and oxygen atoms in total. The molecule has 1 aromatic carbocycles. The zero-order valence-electron chi connectivity index (χ0n) is 17.0. The molecule has 1 aromatic heterocycles. The number of halogens is 5. The van der Waals surface area contributed by atoms with Gasteiger partial charge in [-0.2, -0.15) is 13.2 Å². The van der Waals surface area contributed by atoms with E-state index in [9.17, 15) is 26.7 Å². The van der Waals surface area contributed by atoms with Crippen LogP contribution >= 0.6 is 11.8 Å². The number of aliphatic imine (C=N–C) groups is 1. The Labute approximate surface area is 184 Å². The lowest BCUT2D eigenvalue weighted by molar-refractivity contribution is -0.154. The standard InChI is InChI=1S/C20H19F5N4O2S/c1-10-17(22)19(2,29-18(26)32-10)12-5-11(3-4-13(12)21)6-15(30)14-7-28-16(8-27-14)31-9-20(23,24)25/h3-5,7-8,10,17H,6,9H2,1-2H3,(H2,26,29)/t10-,17+,19-/m1/s1. The van der Waals surface area contributed by atoms with Gasteiger partial charge in [0.2, 0.25) is 5.88 Å². The second-order valence-electron chi connectivity index (χ2n) is 7.38. The van der Waals surface area contributed by atoms with Crippen molar-refractivity contribution in [3.8, 4) is 5.88 Å².